The van der Waals surface area contributed by atoms with Crippen LogP contribution in [-0.4, -0.2) is 19.8 Å². The molecule has 0 heterocycles. The first-order chi connectivity index (χ1) is 8.23. The minimum absolute atomic E-state index is 0.319. The highest BCUT2D eigenvalue weighted by atomic mass is 16.5. The van der Waals surface area contributed by atoms with Crippen molar-refractivity contribution in [2.75, 3.05) is 14.2 Å². The van der Waals surface area contributed by atoms with E-state index >= 15 is 0 Å². The summed E-state index contributed by atoms with van der Waals surface area (Å²) in [4.78, 5) is 0. The summed E-state index contributed by atoms with van der Waals surface area (Å²) < 4.78 is 10.9. The maximum Gasteiger partial charge on any atom is 0.127 e. The summed E-state index contributed by atoms with van der Waals surface area (Å²) in [5.41, 5.74) is 14.8. The van der Waals surface area contributed by atoms with Gasteiger partial charge in [0, 0.05) is 11.1 Å². The van der Waals surface area contributed by atoms with E-state index in [1.807, 2.05) is 33.8 Å². The second-order valence-corrected chi connectivity index (χ2v) is 5.25. The Kier molecular flexibility index (Phi) is 4.24. The fourth-order valence-corrected chi connectivity index (χ4v) is 2.00. The van der Waals surface area contributed by atoms with Crippen LogP contribution in [0.5, 0.6) is 11.5 Å². The van der Waals surface area contributed by atoms with E-state index < -0.39 is 5.54 Å². The molecular formula is C14H24N2O2. The first-order valence-corrected chi connectivity index (χ1v) is 6.00. The van der Waals surface area contributed by atoms with Gasteiger partial charge in [-0.15, -0.1) is 0 Å². The van der Waals surface area contributed by atoms with Crippen molar-refractivity contribution in [1.29, 1.82) is 0 Å². The standard InChI is InChI=1S/C14H24N2O2/c1-8-9(2)12(18-6)10(7-11(8)17-5)13(15)14(3,4)16/h7,13H,15-16H2,1-6H3. The first kappa shape index (κ1) is 14.8. The quantitative estimate of drug-likeness (QED) is 0.860. The van der Waals surface area contributed by atoms with Crippen molar-refractivity contribution < 1.29 is 9.47 Å². The van der Waals surface area contributed by atoms with Gasteiger partial charge < -0.3 is 20.9 Å². The monoisotopic (exact) mass is 252 g/mol. The van der Waals surface area contributed by atoms with Gasteiger partial charge >= 0.3 is 0 Å². The molecule has 18 heavy (non-hydrogen) atoms. The zero-order chi connectivity index (χ0) is 14.1. The third-order valence-electron chi connectivity index (χ3n) is 3.38. The van der Waals surface area contributed by atoms with Crippen LogP contribution in [0.1, 0.15) is 36.6 Å². The number of methoxy groups -OCH3 is 2. The van der Waals surface area contributed by atoms with E-state index in [-0.39, 0.29) is 6.04 Å². The summed E-state index contributed by atoms with van der Waals surface area (Å²) in [6.45, 7) is 7.80. The lowest BCUT2D eigenvalue weighted by molar-refractivity contribution is 0.367. The zero-order valence-corrected chi connectivity index (χ0v) is 12.1. The molecule has 1 rings (SSSR count). The van der Waals surface area contributed by atoms with Crippen molar-refractivity contribution in [1.82, 2.24) is 0 Å². The third-order valence-corrected chi connectivity index (χ3v) is 3.38. The largest absolute Gasteiger partial charge is 0.496 e. The molecule has 0 fully saturated rings. The molecule has 0 aromatic heterocycles. The molecule has 102 valence electrons. The molecule has 1 aromatic carbocycles. The zero-order valence-electron chi connectivity index (χ0n) is 12.1. The minimum atomic E-state index is -0.528. The summed E-state index contributed by atoms with van der Waals surface area (Å²) in [5.74, 6) is 1.60. The molecular weight excluding hydrogens is 228 g/mol. The second kappa shape index (κ2) is 5.16. The van der Waals surface area contributed by atoms with Crippen LogP contribution in [0.15, 0.2) is 6.07 Å². The van der Waals surface area contributed by atoms with Crippen molar-refractivity contribution in [2.24, 2.45) is 11.5 Å². The van der Waals surface area contributed by atoms with Crippen LogP contribution in [0.25, 0.3) is 0 Å². The van der Waals surface area contributed by atoms with Crippen molar-refractivity contribution >= 4 is 0 Å². The highest BCUT2D eigenvalue weighted by Gasteiger charge is 2.28. The Morgan fingerprint density at radius 2 is 1.67 bits per heavy atom. The average molecular weight is 252 g/mol. The van der Waals surface area contributed by atoms with E-state index in [0.29, 0.717) is 0 Å². The van der Waals surface area contributed by atoms with Crippen LogP contribution in [-0.2, 0) is 0 Å². The molecule has 1 aromatic rings. The van der Waals surface area contributed by atoms with Gasteiger partial charge in [-0.3, -0.25) is 0 Å². The van der Waals surface area contributed by atoms with Crippen LogP contribution in [0.4, 0.5) is 0 Å². The molecule has 4 nitrogen and oxygen atoms in total. The van der Waals surface area contributed by atoms with Gasteiger partial charge in [-0.1, -0.05) is 0 Å². The van der Waals surface area contributed by atoms with Gasteiger partial charge in [0.2, 0.25) is 0 Å². The van der Waals surface area contributed by atoms with E-state index in [4.69, 9.17) is 20.9 Å². The molecule has 4 N–H and O–H groups in total. The Morgan fingerprint density at radius 3 is 2.06 bits per heavy atom. The molecule has 1 atom stereocenters. The SMILES string of the molecule is COc1cc(C(N)C(C)(C)N)c(OC)c(C)c1C. The van der Waals surface area contributed by atoms with Crippen molar-refractivity contribution in [3.8, 4) is 11.5 Å². The summed E-state index contributed by atoms with van der Waals surface area (Å²) in [6, 6.07) is 1.60. The van der Waals surface area contributed by atoms with E-state index in [2.05, 4.69) is 0 Å². The van der Waals surface area contributed by atoms with Crippen molar-refractivity contribution in [2.45, 2.75) is 39.3 Å². The van der Waals surface area contributed by atoms with Gasteiger partial charge in [0.05, 0.1) is 20.3 Å². The van der Waals surface area contributed by atoms with Crippen molar-refractivity contribution in [3.05, 3.63) is 22.8 Å². The second-order valence-electron chi connectivity index (χ2n) is 5.25. The Balaban J connectivity index is 3.47. The maximum absolute atomic E-state index is 6.23. The molecule has 0 aliphatic heterocycles. The van der Waals surface area contributed by atoms with Gasteiger partial charge in [-0.2, -0.15) is 0 Å². The Hall–Kier alpha value is -1.26. The van der Waals surface area contributed by atoms with Gasteiger partial charge in [0.25, 0.3) is 0 Å². The normalized spacial score (nSPS) is 13.3. The Labute approximate surface area is 109 Å². The maximum atomic E-state index is 6.23. The van der Waals surface area contributed by atoms with E-state index in [1.165, 1.54) is 0 Å². The highest BCUT2D eigenvalue weighted by molar-refractivity contribution is 5.54. The number of hydrogen-bond donors (Lipinski definition) is 2. The Bertz CT molecular complexity index is 436. The predicted octanol–water partition coefficient (Wildman–Crippen LogP) is 2.06. The summed E-state index contributed by atoms with van der Waals surface area (Å²) in [7, 11) is 3.30. The van der Waals surface area contributed by atoms with E-state index in [1.54, 1.807) is 14.2 Å². The Morgan fingerprint density at radius 1 is 1.11 bits per heavy atom. The van der Waals surface area contributed by atoms with E-state index in [9.17, 15) is 0 Å². The number of hydrogen-bond acceptors (Lipinski definition) is 4. The minimum Gasteiger partial charge on any atom is -0.496 e. The molecule has 0 bridgehead atoms. The molecule has 1 unspecified atom stereocenters. The van der Waals surface area contributed by atoms with Crippen LogP contribution in [0.3, 0.4) is 0 Å². The molecule has 0 saturated heterocycles. The van der Waals surface area contributed by atoms with Crippen LogP contribution < -0.4 is 20.9 Å². The molecule has 4 heteroatoms. The number of ether oxygens (including phenoxy) is 2. The molecule has 0 aliphatic rings. The summed E-state index contributed by atoms with van der Waals surface area (Å²) in [5, 5.41) is 0. The molecule has 0 aliphatic carbocycles. The van der Waals surface area contributed by atoms with Gasteiger partial charge in [0.15, 0.2) is 0 Å². The van der Waals surface area contributed by atoms with Gasteiger partial charge in [-0.25, -0.2) is 0 Å². The fraction of sp³-hybridized carbons (Fsp3) is 0.571. The molecule has 0 spiro atoms. The smallest absolute Gasteiger partial charge is 0.127 e. The number of benzene rings is 1. The number of rotatable bonds is 4. The molecule has 0 radical (unpaired) electrons. The lowest BCUT2D eigenvalue weighted by atomic mass is 9.87. The lowest BCUT2D eigenvalue weighted by Gasteiger charge is -2.30. The highest BCUT2D eigenvalue weighted by Crippen LogP contribution is 2.38. The molecule has 0 saturated carbocycles. The lowest BCUT2D eigenvalue weighted by Crippen LogP contribution is -2.44. The van der Waals surface area contributed by atoms with Crippen LogP contribution >= 0.6 is 0 Å². The van der Waals surface area contributed by atoms with Gasteiger partial charge in [-0.05, 0) is 44.9 Å². The topological polar surface area (TPSA) is 70.5 Å². The van der Waals surface area contributed by atoms with Gasteiger partial charge in [0.1, 0.15) is 11.5 Å². The fourth-order valence-electron chi connectivity index (χ4n) is 2.00. The van der Waals surface area contributed by atoms with Crippen LogP contribution in [0.2, 0.25) is 0 Å². The summed E-state index contributed by atoms with van der Waals surface area (Å²) >= 11 is 0. The number of nitrogens with two attached hydrogens (primary N) is 2. The first-order valence-electron chi connectivity index (χ1n) is 6.00. The van der Waals surface area contributed by atoms with E-state index in [0.717, 1.165) is 28.2 Å². The average Bonchev–Trinajstić information content (AvgIpc) is 2.30. The molecule has 0 amide bonds. The summed E-state index contributed by atoms with van der Waals surface area (Å²) in [6.07, 6.45) is 0. The predicted molar refractivity (Wildman–Crippen MR) is 74.2 cm³/mol. The van der Waals surface area contributed by atoms with Crippen LogP contribution in [0, 0.1) is 13.8 Å². The third kappa shape index (κ3) is 2.60. The van der Waals surface area contributed by atoms with Crippen molar-refractivity contribution in [3.63, 3.8) is 0 Å².